The first-order chi connectivity index (χ1) is 12.0. The van der Waals surface area contributed by atoms with Gasteiger partial charge >= 0.3 is 0 Å². The molecule has 9 heteroatoms. The van der Waals surface area contributed by atoms with Crippen molar-refractivity contribution < 1.29 is 10.2 Å². The Morgan fingerprint density at radius 2 is 2.04 bits per heavy atom. The van der Waals surface area contributed by atoms with E-state index in [1.807, 2.05) is 0 Å². The van der Waals surface area contributed by atoms with Crippen molar-refractivity contribution in [1.29, 1.82) is 5.26 Å². The largest absolute Gasteiger partial charge is 0.374 e. The third-order valence-corrected chi connectivity index (χ3v) is 4.75. The number of rotatable bonds is 3. The van der Waals surface area contributed by atoms with E-state index in [0.717, 1.165) is 5.56 Å². The van der Waals surface area contributed by atoms with E-state index in [1.54, 1.807) is 35.6 Å². The average molecular weight is 359 g/mol. The lowest BCUT2D eigenvalue weighted by atomic mass is 10.0. The van der Waals surface area contributed by atoms with Crippen molar-refractivity contribution in [2.75, 3.05) is 0 Å². The highest BCUT2D eigenvalue weighted by molar-refractivity contribution is 6.28. The summed E-state index contributed by atoms with van der Waals surface area (Å²) >= 11 is 5.70. The number of fused-ring (bicyclic) bond motifs is 1. The maximum absolute atomic E-state index is 10.7. The van der Waals surface area contributed by atoms with Crippen LogP contribution in [0.25, 0.3) is 0 Å². The van der Waals surface area contributed by atoms with Crippen molar-refractivity contribution in [2.45, 2.75) is 37.5 Å². The van der Waals surface area contributed by atoms with Gasteiger partial charge in [-0.25, -0.2) is 19.9 Å². The van der Waals surface area contributed by atoms with Gasteiger partial charge in [-0.05, 0) is 36.6 Å². The maximum atomic E-state index is 10.7. The van der Waals surface area contributed by atoms with E-state index in [9.17, 15) is 15.5 Å². The van der Waals surface area contributed by atoms with Crippen LogP contribution in [0.2, 0.25) is 5.28 Å². The quantitative estimate of drug-likeness (QED) is 0.767. The highest BCUT2D eigenvalue weighted by Gasteiger charge is 2.56. The summed E-state index contributed by atoms with van der Waals surface area (Å²) in [5.74, 6) is 0.461. The summed E-state index contributed by atoms with van der Waals surface area (Å²) in [6.07, 6.45) is 7.38. The van der Waals surface area contributed by atoms with Gasteiger partial charge < -0.3 is 15.1 Å². The molecule has 8 nitrogen and oxygen atoms in total. The van der Waals surface area contributed by atoms with E-state index in [4.69, 9.17) is 11.6 Å². The molecule has 1 aliphatic carbocycles. The number of aromatic nitrogens is 2. The monoisotopic (exact) mass is 358 g/mol. The van der Waals surface area contributed by atoms with Crippen LogP contribution in [0, 0.1) is 11.3 Å². The van der Waals surface area contributed by atoms with Gasteiger partial charge in [-0.3, -0.25) is 0 Å². The van der Waals surface area contributed by atoms with Gasteiger partial charge in [-0.1, -0.05) is 0 Å². The molecule has 1 saturated carbocycles. The van der Waals surface area contributed by atoms with Gasteiger partial charge in [0.1, 0.15) is 17.6 Å². The van der Waals surface area contributed by atoms with Crippen molar-refractivity contribution >= 4 is 17.4 Å². The summed E-state index contributed by atoms with van der Waals surface area (Å²) in [6.45, 7) is 0.409. The van der Waals surface area contributed by atoms with Crippen LogP contribution in [0.1, 0.15) is 18.4 Å². The summed E-state index contributed by atoms with van der Waals surface area (Å²) in [6, 6.07) is 2.18. The van der Waals surface area contributed by atoms with Gasteiger partial charge in [0.05, 0.1) is 12.6 Å². The molecule has 2 atom stereocenters. The van der Waals surface area contributed by atoms with Crippen molar-refractivity contribution in [1.82, 2.24) is 19.8 Å². The van der Waals surface area contributed by atoms with E-state index >= 15 is 0 Å². The van der Waals surface area contributed by atoms with Crippen LogP contribution in [0.15, 0.2) is 41.3 Å². The van der Waals surface area contributed by atoms with Crippen molar-refractivity contribution in [2.24, 2.45) is 4.99 Å². The molecular weight excluding hydrogens is 344 g/mol. The zero-order valence-corrected chi connectivity index (χ0v) is 13.9. The molecule has 4 rings (SSSR count). The van der Waals surface area contributed by atoms with E-state index < -0.39 is 18.1 Å². The number of amidine groups is 1. The SMILES string of the molecule is N#CC1(N2C(O)N=C3C(=CC=CN3Cc3cnc(Cl)nc3)C2O)CC1. The number of aliphatic hydroxyl groups is 2. The van der Waals surface area contributed by atoms with Gasteiger partial charge in [0.2, 0.25) is 11.6 Å². The van der Waals surface area contributed by atoms with E-state index in [2.05, 4.69) is 21.0 Å². The molecule has 2 unspecified atom stereocenters. The van der Waals surface area contributed by atoms with Gasteiger partial charge in [0.25, 0.3) is 0 Å². The van der Waals surface area contributed by atoms with Crippen LogP contribution >= 0.6 is 11.6 Å². The predicted octanol–water partition coefficient (Wildman–Crippen LogP) is 0.750. The minimum absolute atomic E-state index is 0.168. The second-order valence-electron chi connectivity index (χ2n) is 6.18. The fourth-order valence-electron chi connectivity index (χ4n) is 3.11. The van der Waals surface area contributed by atoms with Crippen molar-refractivity contribution in [3.05, 3.63) is 47.2 Å². The number of allylic oxidation sites excluding steroid dienone is 2. The highest BCUT2D eigenvalue weighted by Crippen LogP contribution is 2.45. The summed E-state index contributed by atoms with van der Waals surface area (Å²) < 4.78 is 0. The zero-order chi connectivity index (χ0) is 17.6. The lowest BCUT2D eigenvalue weighted by Crippen LogP contribution is -2.56. The Bertz CT molecular complexity index is 824. The third kappa shape index (κ3) is 2.71. The molecule has 0 aromatic carbocycles. The Balaban J connectivity index is 1.63. The lowest BCUT2D eigenvalue weighted by molar-refractivity contribution is -0.106. The first kappa shape index (κ1) is 16.2. The Morgan fingerprint density at radius 1 is 1.32 bits per heavy atom. The summed E-state index contributed by atoms with van der Waals surface area (Å²) in [7, 11) is 0. The number of hydrogen-bond acceptors (Lipinski definition) is 8. The lowest BCUT2D eigenvalue weighted by Gasteiger charge is -2.41. The molecule has 2 aliphatic heterocycles. The Kier molecular flexibility index (Phi) is 3.81. The van der Waals surface area contributed by atoms with Crippen molar-refractivity contribution in [3.8, 4) is 6.07 Å². The zero-order valence-electron chi connectivity index (χ0n) is 13.1. The molecule has 3 aliphatic rings. The molecule has 0 radical (unpaired) electrons. The second kappa shape index (κ2) is 5.89. The minimum atomic E-state index is -1.28. The molecule has 1 fully saturated rings. The molecule has 2 N–H and O–H groups in total. The number of nitrogens with zero attached hydrogens (tertiary/aromatic N) is 6. The number of aliphatic hydroxyl groups excluding tert-OH is 2. The average Bonchev–Trinajstić information content (AvgIpc) is 3.39. The molecule has 3 heterocycles. The number of aliphatic imine (C=N–C) groups is 1. The fourth-order valence-corrected chi connectivity index (χ4v) is 3.20. The van der Waals surface area contributed by atoms with Gasteiger partial charge in [0, 0.05) is 29.7 Å². The van der Waals surface area contributed by atoms with Crippen LogP contribution < -0.4 is 0 Å². The maximum Gasteiger partial charge on any atom is 0.222 e. The minimum Gasteiger partial charge on any atom is -0.374 e. The summed E-state index contributed by atoms with van der Waals surface area (Å²) in [4.78, 5) is 15.4. The third-order valence-electron chi connectivity index (χ3n) is 4.55. The molecule has 0 bridgehead atoms. The molecule has 128 valence electrons. The molecule has 25 heavy (non-hydrogen) atoms. The second-order valence-corrected chi connectivity index (χ2v) is 6.51. The molecule has 1 aromatic heterocycles. The molecular formula is C16H15ClN6O2. The first-order valence-electron chi connectivity index (χ1n) is 7.79. The normalized spacial score (nSPS) is 27.2. The molecule has 0 saturated heterocycles. The fraction of sp³-hybridized carbons (Fsp3) is 0.375. The first-order valence-corrected chi connectivity index (χ1v) is 8.17. The standard InChI is InChI=1S/C16H15ClN6O2/c17-14-19-6-10(7-20-14)8-22-5-1-2-11-12(22)21-15(25)23(13(11)24)16(9-18)3-4-16/h1-2,5-7,13,15,24-25H,3-4,8H2. The highest BCUT2D eigenvalue weighted by atomic mass is 35.5. The van der Waals surface area contributed by atoms with Gasteiger partial charge in [0.15, 0.2) is 0 Å². The Labute approximate surface area is 149 Å². The van der Waals surface area contributed by atoms with Gasteiger partial charge in [-0.2, -0.15) is 5.26 Å². The van der Waals surface area contributed by atoms with Crippen LogP contribution in [0.4, 0.5) is 0 Å². The van der Waals surface area contributed by atoms with Crippen molar-refractivity contribution in [3.63, 3.8) is 0 Å². The summed E-state index contributed by atoms with van der Waals surface area (Å²) in [5.41, 5.74) is 0.509. The van der Waals surface area contributed by atoms with Crippen LogP contribution in [0.3, 0.4) is 0 Å². The molecule has 1 aromatic rings. The predicted molar refractivity (Wildman–Crippen MR) is 88.7 cm³/mol. The van der Waals surface area contributed by atoms with E-state index in [1.165, 1.54) is 4.90 Å². The van der Waals surface area contributed by atoms with E-state index in [0.29, 0.717) is 30.8 Å². The Hall–Kier alpha value is -2.31. The smallest absolute Gasteiger partial charge is 0.222 e. The van der Waals surface area contributed by atoms with Crippen LogP contribution in [0.5, 0.6) is 0 Å². The van der Waals surface area contributed by atoms with Gasteiger partial charge in [-0.15, -0.1) is 0 Å². The number of hydrogen-bond donors (Lipinski definition) is 2. The molecule has 0 spiro atoms. The summed E-state index contributed by atoms with van der Waals surface area (Å²) in [5, 5.41) is 30.7. The van der Waals surface area contributed by atoms with E-state index in [-0.39, 0.29) is 5.28 Å². The number of nitriles is 1. The Morgan fingerprint density at radius 3 is 2.68 bits per heavy atom. The van der Waals surface area contributed by atoms with Crippen LogP contribution in [-0.2, 0) is 6.54 Å². The number of halogens is 1. The topological polar surface area (TPSA) is 109 Å². The molecule has 0 amide bonds. The van der Waals surface area contributed by atoms with Crippen LogP contribution in [-0.4, -0.2) is 53.9 Å².